The molecule has 0 radical (unpaired) electrons. The van der Waals surface area contributed by atoms with E-state index < -0.39 is 0 Å². The lowest BCUT2D eigenvalue weighted by Gasteiger charge is -2.18. The summed E-state index contributed by atoms with van der Waals surface area (Å²) in [5.41, 5.74) is 14.4. The van der Waals surface area contributed by atoms with Gasteiger partial charge >= 0.3 is 0 Å². The fourth-order valence-corrected chi connectivity index (χ4v) is 7.80. The molecule has 4 aromatic rings. The van der Waals surface area contributed by atoms with E-state index in [1.54, 1.807) is 16.7 Å². The minimum atomic E-state index is 0.839. The fraction of sp³-hybridized carbons (Fsp3) is 0.500. The lowest BCUT2D eigenvalue weighted by molar-refractivity contribution is 0.603. The molecule has 0 N–H and O–H groups in total. The SMILES string of the molecule is CCCCCCCCc1c(CCCC)cc(N=C(C=Nc2cc(-c3ccccc3)c(CCCCCC)c(-c3ccccc3)c2)CC)cc1CCCCCC. The van der Waals surface area contributed by atoms with Gasteiger partial charge in [0.25, 0.3) is 0 Å². The van der Waals surface area contributed by atoms with Crippen molar-refractivity contribution in [1.29, 1.82) is 0 Å². The second-order valence-electron chi connectivity index (χ2n) is 15.5. The number of rotatable bonds is 26. The van der Waals surface area contributed by atoms with Gasteiger partial charge in [0.1, 0.15) is 0 Å². The molecule has 0 aliphatic heterocycles. The average Bonchev–Trinajstić information content (AvgIpc) is 3.21. The third-order valence-electron chi connectivity index (χ3n) is 11.0. The Morgan fingerprint density at radius 3 is 1.41 bits per heavy atom. The van der Waals surface area contributed by atoms with Crippen LogP contribution in [0, 0.1) is 0 Å². The van der Waals surface area contributed by atoms with Crippen molar-refractivity contribution in [2.75, 3.05) is 0 Å². The summed E-state index contributed by atoms with van der Waals surface area (Å²) in [4.78, 5) is 10.5. The second kappa shape index (κ2) is 25.3. The maximum atomic E-state index is 5.34. The van der Waals surface area contributed by atoms with Crippen LogP contribution in [0.4, 0.5) is 11.4 Å². The molecule has 0 bridgehead atoms. The van der Waals surface area contributed by atoms with E-state index in [4.69, 9.17) is 9.98 Å². The van der Waals surface area contributed by atoms with E-state index in [0.29, 0.717) is 0 Å². The number of unbranched alkanes of at least 4 members (excludes halogenated alkanes) is 12. The van der Waals surface area contributed by atoms with Gasteiger partial charge in [-0.3, -0.25) is 9.98 Å². The molecule has 0 saturated heterocycles. The Balaban J connectivity index is 1.73. The van der Waals surface area contributed by atoms with Crippen LogP contribution in [0.2, 0.25) is 0 Å². The zero-order valence-corrected chi connectivity index (χ0v) is 34.9. The Labute approximate surface area is 331 Å². The predicted molar refractivity (Wildman–Crippen MR) is 241 cm³/mol. The van der Waals surface area contributed by atoms with E-state index in [1.807, 2.05) is 6.21 Å². The summed E-state index contributed by atoms with van der Waals surface area (Å²) in [5, 5.41) is 0. The van der Waals surface area contributed by atoms with Crippen LogP contribution >= 0.6 is 0 Å². The molecule has 54 heavy (non-hydrogen) atoms. The first-order valence-corrected chi connectivity index (χ1v) is 22.2. The zero-order chi connectivity index (χ0) is 38.2. The van der Waals surface area contributed by atoms with Gasteiger partial charge in [-0.05, 0) is 127 Å². The molecule has 0 heterocycles. The highest BCUT2D eigenvalue weighted by Gasteiger charge is 2.15. The van der Waals surface area contributed by atoms with Gasteiger partial charge in [0, 0.05) is 6.21 Å². The quantitative estimate of drug-likeness (QED) is 0.0455. The Bertz CT molecular complexity index is 1620. The molecule has 0 unspecified atom stereocenters. The molecule has 290 valence electrons. The van der Waals surface area contributed by atoms with Crippen LogP contribution in [0.1, 0.15) is 166 Å². The minimum Gasteiger partial charge on any atom is -0.255 e. The van der Waals surface area contributed by atoms with Crippen molar-refractivity contribution >= 4 is 23.3 Å². The van der Waals surface area contributed by atoms with Gasteiger partial charge in [0.15, 0.2) is 0 Å². The molecule has 0 saturated carbocycles. The van der Waals surface area contributed by atoms with Crippen molar-refractivity contribution in [2.45, 2.75) is 169 Å². The first-order chi connectivity index (χ1) is 26.6. The van der Waals surface area contributed by atoms with Crippen molar-refractivity contribution in [3.8, 4) is 22.3 Å². The lowest BCUT2D eigenvalue weighted by atomic mass is 9.88. The smallest absolute Gasteiger partial charge is 0.0642 e. The Kier molecular flexibility index (Phi) is 20.1. The van der Waals surface area contributed by atoms with Crippen LogP contribution in [-0.4, -0.2) is 11.9 Å². The molecule has 0 aliphatic rings. The highest BCUT2D eigenvalue weighted by atomic mass is 14.8. The van der Waals surface area contributed by atoms with Crippen LogP contribution in [0.25, 0.3) is 22.3 Å². The third kappa shape index (κ3) is 14.1. The lowest BCUT2D eigenvalue weighted by Crippen LogP contribution is -2.03. The minimum absolute atomic E-state index is 0.839. The second-order valence-corrected chi connectivity index (χ2v) is 15.5. The van der Waals surface area contributed by atoms with E-state index in [1.165, 1.54) is 143 Å². The standard InChI is InChI=1S/C52H72N2/c1-6-11-15-18-19-28-35-49-44(29-14-9-4)37-48(38-45(49)34-22-16-12-7-2)54-46(10-5)41-53-47-39-51(42-30-23-20-24-31-42)50(36-27-17-13-8-3)52(40-47)43-32-25-21-26-33-43/h20-21,23-26,30-33,37-41H,6-19,22,27-29,34-36H2,1-5H3. The summed E-state index contributed by atoms with van der Waals surface area (Å²) in [6, 6.07) is 31.3. The van der Waals surface area contributed by atoms with Crippen molar-refractivity contribution in [2.24, 2.45) is 9.98 Å². The highest BCUT2D eigenvalue weighted by Crippen LogP contribution is 2.38. The van der Waals surface area contributed by atoms with Crippen LogP contribution < -0.4 is 0 Å². The molecule has 0 aromatic heterocycles. The number of hydrogen-bond donors (Lipinski definition) is 0. The maximum Gasteiger partial charge on any atom is 0.0642 e. The summed E-state index contributed by atoms with van der Waals surface area (Å²) < 4.78 is 0. The van der Waals surface area contributed by atoms with Gasteiger partial charge in [-0.2, -0.15) is 0 Å². The van der Waals surface area contributed by atoms with E-state index in [-0.39, 0.29) is 0 Å². The summed E-state index contributed by atoms with van der Waals surface area (Å²) in [6.07, 6.45) is 28.1. The number of aliphatic imine (C=N–C) groups is 2. The van der Waals surface area contributed by atoms with E-state index in [2.05, 4.69) is 120 Å². The van der Waals surface area contributed by atoms with Crippen molar-refractivity contribution in [3.05, 3.63) is 107 Å². The predicted octanol–water partition coefficient (Wildman–Crippen LogP) is 16.4. The van der Waals surface area contributed by atoms with Crippen LogP contribution in [-0.2, 0) is 25.7 Å². The number of hydrogen-bond acceptors (Lipinski definition) is 2. The molecule has 2 heteroatoms. The third-order valence-corrected chi connectivity index (χ3v) is 11.0. The van der Waals surface area contributed by atoms with Crippen LogP contribution in [0.3, 0.4) is 0 Å². The van der Waals surface area contributed by atoms with E-state index in [9.17, 15) is 0 Å². The van der Waals surface area contributed by atoms with Gasteiger partial charge in [-0.1, -0.05) is 172 Å². The topological polar surface area (TPSA) is 24.7 Å². The average molecular weight is 725 g/mol. The van der Waals surface area contributed by atoms with Crippen molar-refractivity contribution < 1.29 is 0 Å². The summed E-state index contributed by atoms with van der Waals surface area (Å²) in [6.45, 7) is 11.4. The van der Waals surface area contributed by atoms with E-state index >= 15 is 0 Å². The summed E-state index contributed by atoms with van der Waals surface area (Å²) in [5.74, 6) is 0. The highest BCUT2D eigenvalue weighted by molar-refractivity contribution is 6.31. The summed E-state index contributed by atoms with van der Waals surface area (Å²) in [7, 11) is 0. The number of benzene rings is 4. The van der Waals surface area contributed by atoms with Gasteiger partial charge < -0.3 is 0 Å². The largest absolute Gasteiger partial charge is 0.255 e. The maximum absolute atomic E-state index is 5.34. The zero-order valence-electron chi connectivity index (χ0n) is 34.9. The first kappa shape index (κ1) is 43.0. The molecular weight excluding hydrogens is 653 g/mol. The fourth-order valence-electron chi connectivity index (χ4n) is 7.80. The molecule has 0 aliphatic carbocycles. The molecule has 0 fully saturated rings. The Morgan fingerprint density at radius 1 is 0.444 bits per heavy atom. The number of nitrogens with zero attached hydrogens (tertiary/aromatic N) is 2. The van der Waals surface area contributed by atoms with Gasteiger partial charge in [-0.15, -0.1) is 0 Å². The van der Waals surface area contributed by atoms with Gasteiger partial charge in [0.2, 0.25) is 0 Å². The molecule has 0 amide bonds. The Hall–Kier alpha value is -3.78. The molecule has 4 rings (SSSR count). The van der Waals surface area contributed by atoms with Gasteiger partial charge in [0.05, 0.1) is 17.1 Å². The summed E-state index contributed by atoms with van der Waals surface area (Å²) >= 11 is 0. The molecule has 0 spiro atoms. The van der Waals surface area contributed by atoms with E-state index in [0.717, 1.165) is 36.3 Å². The number of aryl methyl sites for hydroxylation is 2. The van der Waals surface area contributed by atoms with Crippen LogP contribution in [0.15, 0.2) is 94.9 Å². The van der Waals surface area contributed by atoms with Crippen molar-refractivity contribution in [3.63, 3.8) is 0 Å². The normalized spacial score (nSPS) is 11.9. The molecule has 4 aromatic carbocycles. The monoisotopic (exact) mass is 725 g/mol. The first-order valence-electron chi connectivity index (χ1n) is 22.2. The van der Waals surface area contributed by atoms with Gasteiger partial charge in [-0.25, -0.2) is 0 Å². The van der Waals surface area contributed by atoms with Crippen molar-refractivity contribution in [1.82, 2.24) is 0 Å². The molecular formula is C52H72N2. The van der Waals surface area contributed by atoms with Crippen LogP contribution in [0.5, 0.6) is 0 Å². The Morgan fingerprint density at radius 2 is 0.889 bits per heavy atom. The molecule has 2 nitrogen and oxygen atoms in total. The molecule has 0 atom stereocenters.